The molecule has 1 aromatic carbocycles. The fourth-order valence-corrected chi connectivity index (χ4v) is 4.00. The van der Waals surface area contributed by atoms with E-state index in [0.29, 0.717) is 5.56 Å². The summed E-state index contributed by atoms with van der Waals surface area (Å²) in [7, 11) is 0. The highest BCUT2D eigenvalue weighted by Crippen LogP contribution is 2.47. The Morgan fingerprint density at radius 1 is 1.30 bits per heavy atom. The molecule has 0 fully saturated rings. The Morgan fingerprint density at radius 3 is 2.67 bits per heavy atom. The number of carbonyl (C=O) groups is 2. The number of nitrogens with one attached hydrogen (secondary N) is 1. The molecule has 2 atom stereocenters. The summed E-state index contributed by atoms with van der Waals surface area (Å²) < 4.78 is 5.51. The maximum atomic E-state index is 12.2. The molecule has 0 radical (unpaired) electrons. The number of benzene rings is 1. The minimum Gasteiger partial charge on any atom is -0.507 e. The zero-order valence-corrected chi connectivity index (χ0v) is 18.2. The Kier molecular flexibility index (Phi) is 8.51. The number of unbranched alkanes of at least 4 members (excludes halogenated alkanes) is 2. The third-order valence-electron chi connectivity index (χ3n) is 5.55. The molecule has 164 valence electrons. The van der Waals surface area contributed by atoms with Crippen molar-refractivity contribution >= 4 is 12.1 Å². The van der Waals surface area contributed by atoms with Crippen LogP contribution in [0.4, 0.5) is 4.79 Å². The molecule has 0 unspecified atom stereocenters. The van der Waals surface area contributed by atoms with Crippen molar-refractivity contribution in [3.8, 4) is 11.5 Å². The maximum Gasteiger partial charge on any atom is 0.413 e. The van der Waals surface area contributed by atoms with Crippen molar-refractivity contribution in [2.75, 3.05) is 6.54 Å². The van der Waals surface area contributed by atoms with Crippen LogP contribution < -0.4 is 10.1 Å². The van der Waals surface area contributed by atoms with Crippen molar-refractivity contribution in [3.05, 3.63) is 47.1 Å². The van der Waals surface area contributed by atoms with E-state index in [9.17, 15) is 14.7 Å². The summed E-state index contributed by atoms with van der Waals surface area (Å²) in [6, 6.07) is 3.54. The molecule has 0 heterocycles. The van der Waals surface area contributed by atoms with Crippen LogP contribution >= 0.6 is 0 Å². The molecule has 1 aliphatic rings. The molecule has 2 rings (SSSR count). The van der Waals surface area contributed by atoms with E-state index < -0.39 is 18.6 Å². The lowest BCUT2D eigenvalue weighted by Gasteiger charge is -2.32. The Labute approximate surface area is 178 Å². The summed E-state index contributed by atoms with van der Waals surface area (Å²) in [5, 5.41) is 21.9. The van der Waals surface area contributed by atoms with Crippen molar-refractivity contribution in [2.45, 2.75) is 65.2 Å². The van der Waals surface area contributed by atoms with Gasteiger partial charge in [-0.25, -0.2) is 4.79 Å². The van der Waals surface area contributed by atoms with E-state index in [2.05, 4.69) is 31.8 Å². The summed E-state index contributed by atoms with van der Waals surface area (Å²) in [5.74, 6) is -0.839. The number of ether oxygens (including phenoxy) is 1. The fraction of sp³-hybridized carbons (Fsp3) is 0.500. The van der Waals surface area contributed by atoms with Crippen molar-refractivity contribution in [3.63, 3.8) is 0 Å². The van der Waals surface area contributed by atoms with Gasteiger partial charge in [0.25, 0.3) is 0 Å². The Bertz CT molecular complexity index is 827. The standard InChI is InChI=1S/C24H33NO5/c1-5-6-7-8-17-12-20(26)23(19-11-16(4)9-10-18(19)15(2)3)21(13-17)30-24(29)25-14-22(27)28/h11-13,18-19,26H,2,5-10,14H2,1,3-4H3,(H,25,29)(H,27,28)/t18-,19+/m0/s1. The molecule has 3 N–H and O–H groups in total. The predicted octanol–water partition coefficient (Wildman–Crippen LogP) is 5.31. The summed E-state index contributed by atoms with van der Waals surface area (Å²) >= 11 is 0. The smallest absolute Gasteiger partial charge is 0.413 e. The molecule has 0 saturated carbocycles. The van der Waals surface area contributed by atoms with Gasteiger partial charge >= 0.3 is 12.1 Å². The van der Waals surface area contributed by atoms with Crippen LogP contribution in [0.5, 0.6) is 11.5 Å². The molecule has 6 nitrogen and oxygen atoms in total. The van der Waals surface area contributed by atoms with E-state index in [1.807, 2.05) is 6.92 Å². The molecular formula is C24H33NO5. The van der Waals surface area contributed by atoms with E-state index >= 15 is 0 Å². The normalized spacial score (nSPS) is 18.4. The first kappa shape index (κ1) is 23.5. The average Bonchev–Trinajstić information content (AvgIpc) is 2.66. The Morgan fingerprint density at radius 2 is 2.03 bits per heavy atom. The van der Waals surface area contributed by atoms with Crippen LogP contribution in [0.1, 0.15) is 69.9 Å². The third-order valence-corrected chi connectivity index (χ3v) is 5.55. The van der Waals surface area contributed by atoms with Crippen LogP contribution in [0.3, 0.4) is 0 Å². The van der Waals surface area contributed by atoms with Gasteiger partial charge in [-0.1, -0.05) is 43.6 Å². The zero-order valence-electron chi connectivity index (χ0n) is 18.2. The number of aliphatic carboxylic acids is 1. The minimum absolute atomic E-state index is 0.0900. The van der Waals surface area contributed by atoms with Gasteiger partial charge in [0.1, 0.15) is 18.0 Å². The number of rotatable bonds is 9. The van der Waals surface area contributed by atoms with Crippen LogP contribution in [0, 0.1) is 5.92 Å². The van der Waals surface area contributed by atoms with Crippen LogP contribution in [0.25, 0.3) is 0 Å². The molecule has 1 aromatic rings. The summed E-state index contributed by atoms with van der Waals surface area (Å²) in [5.41, 5.74) is 3.66. The number of aromatic hydroxyl groups is 1. The first-order valence-corrected chi connectivity index (χ1v) is 10.6. The average molecular weight is 416 g/mol. The molecule has 30 heavy (non-hydrogen) atoms. The second-order valence-corrected chi connectivity index (χ2v) is 8.15. The number of carboxylic acids is 1. The Hall–Kier alpha value is -2.76. The van der Waals surface area contributed by atoms with Crippen molar-refractivity contribution in [2.24, 2.45) is 5.92 Å². The highest BCUT2D eigenvalue weighted by atomic mass is 16.6. The molecule has 6 heteroatoms. The van der Waals surface area contributed by atoms with Gasteiger partial charge in [-0.2, -0.15) is 0 Å². The van der Waals surface area contributed by atoms with Gasteiger partial charge in [0.15, 0.2) is 0 Å². The van der Waals surface area contributed by atoms with Crippen LogP contribution in [-0.4, -0.2) is 28.8 Å². The van der Waals surface area contributed by atoms with Crippen molar-refractivity contribution in [1.29, 1.82) is 0 Å². The lowest BCUT2D eigenvalue weighted by atomic mass is 9.73. The van der Waals surface area contributed by atoms with Gasteiger partial charge in [0.2, 0.25) is 0 Å². The van der Waals surface area contributed by atoms with Crippen molar-refractivity contribution in [1.82, 2.24) is 5.32 Å². The third kappa shape index (κ3) is 6.37. The van der Waals surface area contributed by atoms with Crippen LogP contribution in [-0.2, 0) is 11.2 Å². The van der Waals surface area contributed by atoms with Crippen LogP contribution in [0.15, 0.2) is 35.9 Å². The summed E-state index contributed by atoms with van der Waals surface area (Å²) in [4.78, 5) is 23.0. The molecule has 1 aliphatic carbocycles. The number of hydrogen-bond donors (Lipinski definition) is 3. The van der Waals surface area contributed by atoms with E-state index in [-0.39, 0.29) is 23.3 Å². The molecule has 0 spiro atoms. The molecule has 0 aromatic heterocycles. The SMILES string of the molecule is C=C(C)[C@@H]1CCC(C)=C[C@H]1c1c(O)cc(CCCCC)cc1OC(=O)NCC(=O)O. The lowest BCUT2D eigenvalue weighted by molar-refractivity contribution is -0.135. The van der Waals surface area contributed by atoms with E-state index in [0.717, 1.165) is 49.7 Å². The molecule has 0 aliphatic heterocycles. The maximum absolute atomic E-state index is 12.2. The van der Waals surface area contributed by atoms with Gasteiger partial charge in [0, 0.05) is 11.5 Å². The highest BCUT2D eigenvalue weighted by Gasteiger charge is 2.31. The Balaban J connectivity index is 2.45. The molecular weight excluding hydrogens is 382 g/mol. The lowest BCUT2D eigenvalue weighted by Crippen LogP contribution is -2.32. The monoisotopic (exact) mass is 415 g/mol. The first-order valence-electron chi connectivity index (χ1n) is 10.6. The summed E-state index contributed by atoms with van der Waals surface area (Å²) in [6.07, 6.45) is 7.00. The number of aryl methyl sites for hydroxylation is 1. The second kappa shape index (κ2) is 10.9. The topological polar surface area (TPSA) is 95.9 Å². The van der Waals surface area contributed by atoms with Gasteiger partial charge in [-0.05, 0) is 63.1 Å². The first-order chi connectivity index (χ1) is 14.2. The van der Waals surface area contributed by atoms with E-state index in [1.54, 1.807) is 12.1 Å². The minimum atomic E-state index is -1.16. The quantitative estimate of drug-likeness (QED) is 0.375. The zero-order chi connectivity index (χ0) is 22.3. The predicted molar refractivity (Wildman–Crippen MR) is 117 cm³/mol. The largest absolute Gasteiger partial charge is 0.507 e. The number of phenols is 1. The fourth-order valence-electron chi connectivity index (χ4n) is 4.00. The number of amides is 1. The van der Waals surface area contributed by atoms with Crippen LogP contribution in [0.2, 0.25) is 0 Å². The molecule has 0 saturated heterocycles. The molecule has 1 amide bonds. The van der Waals surface area contributed by atoms with Crippen molar-refractivity contribution < 1.29 is 24.5 Å². The van der Waals surface area contributed by atoms with E-state index in [4.69, 9.17) is 9.84 Å². The summed E-state index contributed by atoms with van der Waals surface area (Å²) in [6.45, 7) is 9.74. The second-order valence-electron chi connectivity index (χ2n) is 8.15. The number of carbonyl (C=O) groups excluding carboxylic acids is 1. The number of phenolic OH excluding ortho intramolecular Hbond substituents is 1. The van der Waals surface area contributed by atoms with Gasteiger partial charge in [0.05, 0.1) is 0 Å². The van der Waals surface area contributed by atoms with Gasteiger partial charge in [-0.3, -0.25) is 4.79 Å². The molecule has 0 bridgehead atoms. The number of allylic oxidation sites excluding steroid dienone is 3. The number of carboxylic acid groups (broad SMARTS) is 1. The number of hydrogen-bond acceptors (Lipinski definition) is 4. The van der Waals surface area contributed by atoms with Gasteiger partial charge < -0.3 is 20.3 Å². The van der Waals surface area contributed by atoms with E-state index in [1.165, 1.54) is 5.57 Å². The van der Waals surface area contributed by atoms with Gasteiger partial charge in [-0.15, -0.1) is 0 Å². The highest BCUT2D eigenvalue weighted by molar-refractivity contribution is 5.78.